The predicted molar refractivity (Wildman–Crippen MR) is 166 cm³/mol. The van der Waals surface area contributed by atoms with Crippen molar-refractivity contribution >= 4 is 55.4 Å². The van der Waals surface area contributed by atoms with E-state index in [1.54, 1.807) is 0 Å². The first-order chi connectivity index (χ1) is 18.6. The molecule has 1 aliphatic rings. The molecule has 178 valence electrons. The fourth-order valence-corrected chi connectivity index (χ4v) is 7.40. The van der Waals surface area contributed by atoms with Gasteiger partial charge in [-0.1, -0.05) is 131 Å². The number of benzene rings is 7. The molecule has 1 heterocycles. The Kier molecular flexibility index (Phi) is 4.47. The van der Waals surface area contributed by atoms with Crippen LogP contribution < -0.4 is 16.4 Å². The van der Waals surface area contributed by atoms with Gasteiger partial charge in [0.2, 0.25) is 6.71 Å². The summed E-state index contributed by atoms with van der Waals surface area (Å²) in [5.41, 5.74) is 13.7. The van der Waals surface area contributed by atoms with Crippen molar-refractivity contribution in [3.63, 3.8) is 0 Å². The van der Waals surface area contributed by atoms with Crippen molar-refractivity contribution in [2.24, 2.45) is 0 Å². The monoisotopic (exact) mass is 482 g/mol. The molecule has 0 atom stereocenters. The van der Waals surface area contributed by atoms with Gasteiger partial charge in [-0.05, 0) is 86.5 Å². The van der Waals surface area contributed by atoms with E-state index in [2.05, 4.69) is 130 Å². The minimum Gasteiger partial charge on any atom is -0.0686 e. The van der Waals surface area contributed by atoms with E-state index in [0.29, 0.717) is 0 Å². The zero-order valence-corrected chi connectivity index (χ0v) is 22.0. The van der Waals surface area contributed by atoms with Crippen molar-refractivity contribution in [2.75, 3.05) is 0 Å². The fraction of sp³-hybridized carbons (Fsp3) is 0.0811. The number of fused-ring (bicyclic) bond motifs is 4. The van der Waals surface area contributed by atoms with Crippen LogP contribution in [0.3, 0.4) is 0 Å². The molecule has 0 amide bonds. The molecule has 38 heavy (non-hydrogen) atoms. The molecule has 8 rings (SSSR count). The molecular formula is C37H27B. The summed E-state index contributed by atoms with van der Waals surface area (Å²) in [5.74, 6) is 0. The molecular weight excluding hydrogens is 455 g/mol. The molecule has 0 fully saturated rings. The normalized spacial score (nSPS) is 12.6. The standard InChI is InChI=1S/C37H27B/c1-22-19-23(2)34(24(3)20-22)28-16-13-25-14-18-31-36-26(15-17-29(28)35(25)36)21-33-37(31)30-11-7-8-12-32(30)38(33)27-9-5-4-6-10-27/h4-21H,1-3H3. The molecule has 1 heteroatoms. The predicted octanol–water partition coefficient (Wildman–Crippen LogP) is 7.67. The first-order valence-corrected chi connectivity index (χ1v) is 13.6. The maximum absolute atomic E-state index is 2.48. The molecule has 0 spiro atoms. The molecule has 0 bridgehead atoms. The summed E-state index contributed by atoms with van der Waals surface area (Å²) in [5, 5.41) is 8.15. The highest BCUT2D eigenvalue weighted by molar-refractivity contribution is 6.99. The molecule has 1 aliphatic heterocycles. The van der Waals surface area contributed by atoms with Gasteiger partial charge in [0.25, 0.3) is 0 Å². The molecule has 0 saturated heterocycles. The van der Waals surface area contributed by atoms with Crippen molar-refractivity contribution in [2.45, 2.75) is 20.8 Å². The second kappa shape index (κ2) is 7.82. The SMILES string of the molecule is Cc1cc(C)c(-c2ccc3ccc4c5c(cc6ccc2c3c64)B(c2ccccc2)c2ccccc2-5)c(C)c1. The molecule has 0 aromatic heterocycles. The lowest BCUT2D eigenvalue weighted by atomic mass is 9.39. The highest BCUT2D eigenvalue weighted by Crippen LogP contribution is 2.43. The van der Waals surface area contributed by atoms with Crippen LogP contribution in [0.25, 0.3) is 54.6 Å². The average Bonchev–Trinajstić information content (AvgIpc) is 3.26. The zero-order chi connectivity index (χ0) is 25.5. The Morgan fingerprint density at radius 3 is 1.95 bits per heavy atom. The summed E-state index contributed by atoms with van der Waals surface area (Å²) in [6.45, 7) is 6.95. The van der Waals surface area contributed by atoms with E-state index in [0.717, 1.165) is 0 Å². The number of rotatable bonds is 2. The Hall–Kier alpha value is -4.36. The first kappa shape index (κ1) is 21.7. The van der Waals surface area contributed by atoms with E-state index < -0.39 is 0 Å². The summed E-state index contributed by atoms with van der Waals surface area (Å²) in [6.07, 6.45) is 0. The van der Waals surface area contributed by atoms with Gasteiger partial charge in [-0.3, -0.25) is 0 Å². The highest BCUT2D eigenvalue weighted by atomic mass is 14.2. The van der Waals surface area contributed by atoms with Crippen molar-refractivity contribution in [3.8, 4) is 22.3 Å². The maximum Gasteiger partial charge on any atom is 0.242 e. The van der Waals surface area contributed by atoms with Gasteiger partial charge in [-0.25, -0.2) is 0 Å². The Morgan fingerprint density at radius 2 is 1.13 bits per heavy atom. The Balaban J connectivity index is 1.49. The van der Waals surface area contributed by atoms with Crippen molar-refractivity contribution in [3.05, 3.63) is 126 Å². The lowest BCUT2D eigenvalue weighted by molar-refractivity contribution is 1.32. The minimum atomic E-state index is 0.262. The van der Waals surface area contributed by atoms with Gasteiger partial charge in [-0.15, -0.1) is 0 Å². The third-order valence-corrected chi connectivity index (χ3v) is 8.75. The van der Waals surface area contributed by atoms with Crippen molar-refractivity contribution in [1.29, 1.82) is 0 Å². The lowest BCUT2D eigenvalue weighted by Crippen LogP contribution is -2.48. The average molecular weight is 482 g/mol. The van der Waals surface area contributed by atoms with Gasteiger partial charge in [0.05, 0.1) is 0 Å². The summed E-state index contributed by atoms with van der Waals surface area (Å²) >= 11 is 0. The first-order valence-electron chi connectivity index (χ1n) is 13.6. The second-order valence-corrected chi connectivity index (χ2v) is 11.1. The van der Waals surface area contributed by atoms with Crippen LogP contribution >= 0.6 is 0 Å². The van der Waals surface area contributed by atoms with Crippen LogP contribution in [-0.2, 0) is 0 Å². The third-order valence-electron chi connectivity index (χ3n) is 8.75. The Bertz CT molecular complexity index is 2030. The number of aryl methyl sites for hydroxylation is 3. The lowest BCUT2D eigenvalue weighted by Gasteiger charge is -2.19. The largest absolute Gasteiger partial charge is 0.242 e. The zero-order valence-electron chi connectivity index (χ0n) is 22.0. The van der Waals surface area contributed by atoms with Gasteiger partial charge in [0.1, 0.15) is 0 Å². The van der Waals surface area contributed by atoms with Crippen LogP contribution in [0.1, 0.15) is 16.7 Å². The van der Waals surface area contributed by atoms with Crippen LogP contribution in [0.2, 0.25) is 0 Å². The smallest absolute Gasteiger partial charge is 0.0686 e. The quantitative estimate of drug-likeness (QED) is 0.175. The van der Waals surface area contributed by atoms with E-state index in [9.17, 15) is 0 Å². The Labute approximate surface area is 224 Å². The molecule has 0 N–H and O–H groups in total. The molecule has 0 aliphatic carbocycles. The van der Waals surface area contributed by atoms with Gasteiger partial charge < -0.3 is 0 Å². The van der Waals surface area contributed by atoms with Crippen LogP contribution in [0.4, 0.5) is 0 Å². The van der Waals surface area contributed by atoms with E-state index in [1.165, 1.54) is 87.6 Å². The molecule has 0 radical (unpaired) electrons. The maximum atomic E-state index is 2.48. The van der Waals surface area contributed by atoms with E-state index in [1.807, 2.05) is 0 Å². The van der Waals surface area contributed by atoms with Gasteiger partial charge in [0, 0.05) is 0 Å². The summed E-state index contributed by atoms with van der Waals surface area (Å²) in [4.78, 5) is 0. The van der Waals surface area contributed by atoms with E-state index >= 15 is 0 Å². The number of hydrogen-bond acceptors (Lipinski definition) is 0. The molecule has 7 aromatic rings. The fourth-order valence-electron chi connectivity index (χ4n) is 7.40. The van der Waals surface area contributed by atoms with Gasteiger partial charge >= 0.3 is 0 Å². The van der Waals surface area contributed by atoms with Gasteiger partial charge in [0.15, 0.2) is 0 Å². The molecule has 0 saturated carbocycles. The van der Waals surface area contributed by atoms with Crippen LogP contribution in [0.5, 0.6) is 0 Å². The molecule has 7 aromatic carbocycles. The van der Waals surface area contributed by atoms with E-state index in [-0.39, 0.29) is 6.71 Å². The van der Waals surface area contributed by atoms with Gasteiger partial charge in [-0.2, -0.15) is 0 Å². The minimum absolute atomic E-state index is 0.262. The molecule has 0 nitrogen and oxygen atoms in total. The number of hydrogen-bond donors (Lipinski definition) is 0. The van der Waals surface area contributed by atoms with Crippen LogP contribution in [0.15, 0.2) is 109 Å². The van der Waals surface area contributed by atoms with Crippen LogP contribution in [-0.4, -0.2) is 6.71 Å². The van der Waals surface area contributed by atoms with Crippen molar-refractivity contribution < 1.29 is 0 Å². The topological polar surface area (TPSA) is 0 Å². The highest BCUT2D eigenvalue weighted by Gasteiger charge is 2.35. The summed E-state index contributed by atoms with van der Waals surface area (Å²) in [6, 6.07) is 41.2. The summed E-state index contributed by atoms with van der Waals surface area (Å²) < 4.78 is 0. The Morgan fingerprint density at radius 1 is 0.474 bits per heavy atom. The van der Waals surface area contributed by atoms with E-state index in [4.69, 9.17) is 0 Å². The second-order valence-electron chi connectivity index (χ2n) is 11.1. The molecule has 0 unspecified atom stereocenters. The third kappa shape index (κ3) is 2.88. The van der Waals surface area contributed by atoms with Crippen molar-refractivity contribution in [1.82, 2.24) is 0 Å². The summed E-state index contributed by atoms with van der Waals surface area (Å²) in [7, 11) is 0. The van der Waals surface area contributed by atoms with Crippen LogP contribution in [0, 0.1) is 20.8 Å².